The van der Waals surface area contributed by atoms with Gasteiger partial charge in [0.1, 0.15) is 23.2 Å². The van der Waals surface area contributed by atoms with Gasteiger partial charge in [0.15, 0.2) is 5.88 Å². The number of carbonyl (C=O) groups excluding carboxylic acids is 1. The van der Waals surface area contributed by atoms with Gasteiger partial charge in [0, 0.05) is 49.6 Å². The standard InChI is InChI=1S/C27H33N7O4/c1-27(2,3)38-26(36)33(5)22-13-21-20(15-28-22)25(17-14-29-32(4)16-17)31-34(21)18-9-11-19(12-10-18)37-24-8-6-7-23(35)30-24/h6-8,13-16,18-19H,9-12H2,1-5H3,(H,30,35). The highest BCUT2D eigenvalue weighted by Gasteiger charge is 2.28. The van der Waals surface area contributed by atoms with Crippen molar-refractivity contribution in [2.45, 2.75) is 64.2 Å². The fourth-order valence-electron chi connectivity index (χ4n) is 4.75. The molecule has 38 heavy (non-hydrogen) atoms. The number of nitrogens with one attached hydrogen (secondary N) is 1. The van der Waals surface area contributed by atoms with Gasteiger partial charge in [-0.15, -0.1) is 0 Å². The molecule has 1 aliphatic rings. The predicted octanol–water partition coefficient (Wildman–Crippen LogP) is 4.45. The Morgan fingerprint density at radius 3 is 2.58 bits per heavy atom. The third kappa shape index (κ3) is 5.41. The second-order valence-electron chi connectivity index (χ2n) is 10.7. The Balaban J connectivity index is 1.44. The van der Waals surface area contributed by atoms with E-state index in [0.29, 0.717) is 11.7 Å². The van der Waals surface area contributed by atoms with Gasteiger partial charge in [-0.2, -0.15) is 10.2 Å². The Hall–Kier alpha value is -4.15. The van der Waals surface area contributed by atoms with Gasteiger partial charge in [0.05, 0.1) is 17.8 Å². The molecule has 4 aromatic rings. The monoisotopic (exact) mass is 519 g/mol. The molecule has 11 heteroatoms. The minimum Gasteiger partial charge on any atom is -0.476 e. The first kappa shape index (κ1) is 25.5. The van der Waals surface area contributed by atoms with E-state index in [1.54, 1.807) is 36.3 Å². The summed E-state index contributed by atoms with van der Waals surface area (Å²) in [6.07, 6.45) is 8.37. The predicted molar refractivity (Wildman–Crippen MR) is 143 cm³/mol. The van der Waals surface area contributed by atoms with Crippen LogP contribution in [0.2, 0.25) is 0 Å². The van der Waals surface area contributed by atoms with Crippen LogP contribution >= 0.6 is 0 Å². The van der Waals surface area contributed by atoms with Crippen LogP contribution in [-0.2, 0) is 11.8 Å². The van der Waals surface area contributed by atoms with Crippen molar-refractivity contribution in [3.05, 3.63) is 53.2 Å². The van der Waals surface area contributed by atoms with Crippen molar-refractivity contribution in [3.8, 4) is 17.1 Å². The lowest BCUT2D eigenvalue weighted by molar-refractivity contribution is 0.0588. The lowest BCUT2D eigenvalue weighted by atomic mass is 9.93. The minimum atomic E-state index is -0.613. The molecule has 0 aromatic carbocycles. The molecular weight excluding hydrogens is 486 g/mol. The molecule has 0 atom stereocenters. The minimum absolute atomic E-state index is 0.0134. The summed E-state index contributed by atoms with van der Waals surface area (Å²) in [5, 5.41) is 10.2. The number of aryl methyl sites for hydroxylation is 1. The molecule has 0 saturated heterocycles. The van der Waals surface area contributed by atoms with Gasteiger partial charge in [0.25, 0.3) is 5.56 Å². The largest absolute Gasteiger partial charge is 0.476 e. The maximum Gasteiger partial charge on any atom is 0.415 e. The maximum atomic E-state index is 12.7. The smallest absolute Gasteiger partial charge is 0.415 e. The Labute approximate surface area is 220 Å². The van der Waals surface area contributed by atoms with Crippen molar-refractivity contribution >= 4 is 22.8 Å². The number of anilines is 1. The number of amides is 1. The van der Waals surface area contributed by atoms with E-state index in [0.717, 1.165) is 47.8 Å². The second-order valence-corrected chi connectivity index (χ2v) is 10.7. The molecule has 4 aromatic heterocycles. The summed E-state index contributed by atoms with van der Waals surface area (Å²) in [5.74, 6) is 0.973. The molecule has 1 amide bonds. The van der Waals surface area contributed by atoms with E-state index in [9.17, 15) is 9.59 Å². The number of fused-ring (bicyclic) bond motifs is 1. The quantitative estimate of drug-likeness (QED) is 0.413. The molecule has 0 bridgehead atoms. The first-order valence-electron chi connectivity index (χ1n) is 12.8. The van der Waals surface area contributed by atoms with Crippen LogP contribution in [0.1, 0.15) is 52.5 Å². The summed E-state index contributed by atoms with van der Waals surface area (Å²) in [4.78, 5) is 33.0. The molecular formula is C27H33N7O4. The van der Waals surface area contributed by atoms with Crippen molar-refractivity contribution in [2.75, 3.05) is 11.9 Å². The fraction of sp³-hybridized carbons (Fsp3) is 0.444. The molecule has 1 fully saturated rings. The van der Waals surface area contributed by atoms with Crippen molar-refractivity contribution in [2.24, 2.45) is 7.05 Å². The Kier molecular flexibility index (Phi) is 6.68. The molecule has 1 saturated carbocycles. The summed E-state index contributed by atoms with van der Waals surface area (Å²) < 4.78 is 15.4. The highest BCUT2D eigenvalue weighted by molar-refractivity contribution is 5.95. The molecule has 0 radical (unpaired) electrons. The molecule has 200 valence electrons. The molecule has 1 N–H and O–H groups in total. The Morgan fingerprint density at radius 1 is 1.16 bits per heavy atom. The number of pyridine rings is 2. The number of nitrogens with zero attached hydrogens (tertiary/aromatic N) is 6. The van der Waals surface area contributed by atoms with Crippen molar-refractivity contribution in [3.63, 3.8) is 0 Å². The van der Waals surface area contributed by atoms with E-state index in [1.807, 2.05) is 44.8 Å². The Morgan fingerprint density at radius 2 is 1.92 bits per heavy atom. The SMILES string of the molecule is CN(C(=O)OC(C)(C)C)c1cc2c(cn1)c(-c1cnn(C)c1)nn2C1CCC(Oc2cccc(=O)[nH]2)CC1. The van der Waals surface area contributed by atoms with Crippen LogP contribution in [0.15, 0.2) is 47.7 Å². The van der Waals surface area contributed by atoms with Crippen LogP contribution < -0.4 is 15.2 Å². The van der Waals surface area contributed by atoms with Crippen LogP contribution in [0.25, 0.3) is 22.2 Å². The third-order valence-electron chi connectivity index (χ3n) is 6.59. The number of ether oxygens (including phenoxy) is 2. The number of hydrogen-bond donors (Lipinski definition) is 1. The molecule has 4 heterocycles. The summed E-state index contributed by atoms with van der Waals surface area (Å²) in [7, 11) is 3.53. The van der Waals surface area contributed by atoms with Crippen molar-refractivity contribution in [1.29, 1.82) is 0 Å². The summed E-state index contributed by atoms with van der Waals surface area (Å²) >= 11 is 0. The topological polar surface area (TPSA) is 120 Å². The number of H-pyrrole nitrogens is 1. The van der Waals surface area contributed by atoms with Crippen molar-refractivity contribution < 1.29 is 14.3 Å². The fourth-order valence-corrected chi connectivity index (χ4v) is 4.75. The number of carbonyl (C=O) groups is 1. The van der Waals surface area contributed by atoms with Gasteiger partial charge >= 0.3 is 6.09 Å². The van der Waals surface area contributed by atoms with E-state index < -0.39 is 11.7 Å². The van der Waals surface area contributed by atoms with Crippen LogP contribution in [0.4, 0.5) is 10.6 Å². The Bertz CT molecular complexity index is 1510. The normalized spacial score (nSPS) is 17.9. The van der Waals surface area contributed by atoms with Gasteiger partial charge in [-0.3, -0.25) is 24.0 Å². The molecule has 0 spiro atoms. The molecule has 0 aliphatic heterocycles. The number of aromatic nitrogens is 6. The summed E-state index contributed by atoms with van der Waals surface area (Å²) in [6.45, 7) is 5.50. The zero-order chi connectivity index (χ0) is 27.0. The van der Waals surface area contributed by atoms with Gasteiger partial charge in [-0.1, -0.05) is 6.07 Å². The van der Waals surface area contributed by atoms with E-state index in [4.69, 9.17) is 14.6 Å². The van der Waals surface area contributed by atoms with Crippen LogP contribution in [0.5, 0.6) is 5.88 Å². The third-order valence-corrected chi connectivity index (χ3v) is 6.59. The highest BCUT2D eigenvalue weighted by Crippen LogP contribution is 2.36. The van der Waals surface area contributed by atoms with E-state index in [1.165, 1.54) is 11.0 Å². The number of aromatic amines is 1. The zero-order valence-corrected chi connectivity index (χ0v) is 22.3. The molecule has 1 aliphatic carbocycles. The van der Waals surface area contributed by atoms with E-state index in [-0.39, 0.29) is 17.7 Å². The number of hydrogen-bond acceptors (Lipinski definition) is 7. The average molecular weight is 520 g/mol. The molecule has 11 nitrogen and oxygen atoms in total. The first-order valence-corrected chi connectivity index (χ1v) is 12.8. The highest BCUT2D eigenvalue weighted by atomic mass is 16.6. The van der Waals surface area contributed by atoms with E-state index in [2.05, 4.69) is 15.1 Å². The number of rotatable bonds is 5. The van der Waals surface area contributed by atoms with E-state index >= 15 is 0 Å². The van der Waals surface area contributed by atoms with Crippen molar-refractivity contribution in [1.82, 2.24) is 29.5 Å². The molecule has 5 rings (SSSR count). The second kappa shape index (κ2) is 9.96. The van der Waals surface area contributed by atoms with Crippen LogP contribution in [0.3, 0.4) is 0 Å². The van der Waals surface area contributed by atoms with Gasteiger partial charge < -0.3 is 9.47 Å². The lowest BCUT2D eigenvalue weighted by Gasteiger charge is -2.29. The molecule has 0 unspecified atom stereocenters. The maximum absolute atomic E-state index is 12.7. The zero-order valence-electron chi connectivity index (χ0n) is 22.3. The average Bonchev–Trinajstić information content (AvgIpc) is 3.46. The summed E-state index contributed by atoms with van der Waals surface area (Å²) in [6, 6.07) is 6.96. The van der Waals surface area contributed by atoms with Gasteiger partial charge in [-0.05, 0) is 52.5 Å². The first-order chi connectivity index (χ1) is 18.1. The lowest BCUT2D eigenvalue weighted by Crippen LogP contribution is -2.34. The van der Waals surface area contributed by atoms with Gasteiger partial charge in [0.2, 0.25) is 0 Å². The van der Waals surface area contributed by atoms with Crippen LogP contribution in [-0.4, -0.2) is 54.4 Å². The summed E-state index contributed by atoms with van der Waals surface area (Å²) in [5.41, 5.74) is 1.80. The van der Waals surface area contributed by atoms with Crippen LogP contribution in [0, 0.1) is 0 Å². The van der Waals surface area contributed by atoms with Gasteiger partial charge in [-0.25, -0.2) is 9.78 Å².